The summed E-state index contributed by atoms with van der Waals surface area (Å²) in [5, 5.41) is 1.19. The first kappa shape index (κ1) is 10.1. The molecule has 0 saturated carbocycles. The number of carbonyl (C=O) groups excluding carboxylic acids is 1. The van der Waals surface area contributed by atoms with Crippen LogP contribution in [0.4, 0.5) is 0 Å². The second kappa shape index (κ2) is 3.31. The lowest BCUT2D eigenvalue weighted by atomic mass is 10.0. The number of allylic oxidation sites excluding steroid dienone is 1. The number of hydrogen-bond acceptors (Lipinski definition) is 3. The molecule has 0 saturated heterocycles. The van der Waals surface area contributed by atoms with E-state index in [1.807, 2.05) is 6.92 Å². The van der Waals surface area contributed by atoms with Gasteiger partial charge in [0.15, 0.2) is 0 Å². The molecule has 0 aliphatic carbocycles. The Morgan fingerprint density at radius 1 is 1.33 bits per heavy atom. The van der Waals surface area contributed by atoms with Crippen molar-refractivity contribution < 1.29 is 13.2 Å². The maximum absolute atomic E-state index is 11.7. The van der Waals surface area contributed by atoms with Gasteiger partial charge in [0.2, 0.25) is 9.84 Å². The highest BCUT2D eigenvalue weighted by molar-refractivity contribution is 7.95. The van der Waals surface area contributed by atoms with Gasteiger partial charge in [-0.05, 0) is 24.1 Å². The van der Waals surface area contributed by atoms with Crippen molar-refractivity contribution in [1.29, 1.82) is 0 Å². The Morgan fingerprint density at radius 3 is 2.73 bits per heavy atom. The summed E-state index contributed by atoms with van der Waals surface area (Å²) in [5.74, 6) is 0. The molecule has 3 nitrogen and oxygen atoms in total. The third-order valence-electron chi connectivity index (χ3n) is 2.39. The van der Waals surface area contributed by atoms with Gasteiger partial charge in [0.25, 0.3) is 0 Å². The van der Waals surface area contributed by atoms with Gasteiger partial charge in [0.1, 0.15) is 6.29 Å². The van der Waals surface area contributed by atoms with E-state index < -0.39 is 9.84 Å². The maximum atomic E-state index is 11.7. The third kappa shape index (κ3) is 1.61. The molecule has 1 aliphatic heterocycles. The van der Waals surface area contributed by atoms with E-state index in [0.717, 1.165) is 11.8 Å². The molecule has 0 atom stereocenters. The predicted molar refractivity (Wildman–Crippen MR) is 57.0 cm³/mol. The van der Waals surface area contributed by atoms with E-state index in [0.29, 0.717) is 16.0 Å². The highest BCUT2D eigenvalue weighted by atomic mass is 32.2. The lowest BCUT2D eigenvalue weighted by Crippen LogP contribution is -1.93. The van der Waals surface area contributed by atoms with Gasteiger partial charge in [-0.15, -0.1) is 0 Å². The van der Waals surface area contributed by atoms with Gasteiger partial charge in [0.05, 0.1) is 4.90 Å². The number of fused-ring (bicyclic) bond motifs is 1. The molecular weight excluding hydrogens is 212 g/mol. The monoisotopic (exact) mass is 222 g/mol. The van der Waals surface area contributed by atoms with Crippen LogP contribution in [0.25, 0.3) is 5.57 Å². The Kier molecular flexibility index (Phi) is 2.23. The molecule has 0 bridgehead atoms. The van der Waals surface area contributed by atoms with E-state index in [9.17, 15) is 13.2 Å². The number of rotatable bonds is 2. The standard InChI is InChI=1S/C11H10O3S/c1-8-2-3-11-10(6-8)9(4-5-12)7-15(11,13)14/h2-3,5-7H,4H2,1H3. The summed E-state index contributed by atoms with van der Waals surface area (Å²) in [7, 11) is -3.31. The number of benzene rings is 1. The Morgan fingerprint density at radius 2 is 2.07 bits per heavy atom. The molecule has 0 N–H and O–H groups in total. The molecule has 0 unspecified atom stereocenters. The van der Waals surface area contributed by atoms with E-state index in [4.69, 9.17) is 0 Å². The van der Waals surface area contributed by atoms with Crippen LogP contribution in [0.15, 0.2) is 28.5 Å². The molecule has 78 valence electrons. The molecule has 0 amide bonds. The number of carbonyl (C=O) groups is 1. The highest BCUT2D eigenvalue weighted by Gasteiger charge is 2.26. The third-order valence-corrected chi connectivity index (χ3v) is 3.95. The summed E-state index contributed by atoms with van der Waals surface area (Å²) in [6.07, 6.45) is 0.870. The average molecular weight is 222 g/mol. The zero-order valence-corrected chi connectivity index (χ0v) is 9.04. The summed E-state index contributed by atoms with van der Waals surface area (Å²) in [4.78, 5) is 10.7. The van der Waals surface area contributed by atoms with Crippen LogP contribution >= 0.6 is 0 Å². The van der Waals surface area contributed by atoms with Gasteiger partial charge < -0.3 is 4.79 Å². The molecule has 0 spiro atoms. The number of sulfone groups is 1. The number of hydrogen-bond donors (Lipinski definition) is 0. The van der Waals surface area contributed by atoms with Gasteiger partial charge in [0, 0.05) is 11.8 Å². The van der Waals surface area contributed by atoms with Crippen molar-refractivity contribution in [2.24, 2.45) is 0 Å². The quantitative estimate of drug-likeness (QED) is 0.716. The molecule has 1 aliphatic rings. The minimum atomic E-state index is -3.31. The van der Waals surface area contributed by atoms with E-state index in [2.05, 4.69) is 0 Å². The van der Waals surface area contributed by atoms with Crippen molar-refractivity contribution in [1.82, 2.24) is 0 Å². The van der Waals surface area contributed by atoms with Gasteiger partial charge in [-0.2, -0.15) is 0 Å². The second-order valence-corrected chi connectivity index (χ2v) is 5.32. The molecule has 0 aromatic heterocycles. The normalized spacial score (nSPS) is 17.0. The van der Waals surface area contributed by atoms with Crippen molar-refractivity contribution >= 4 is 21.7 Å². The fourth-order valence-corrected chi connectivity index (χ4v) is 3.18. The first-order valence-electron chi connectivity index (χ1n) is 4.55. The first-order valence-corrected chi connectivity index (χ1v) is 6.09. The van der Waals surface area contributed by atoms with E-state index >= 15 is 0 Å². The molecule has 1 aromatic rings. The molecule has 1 aromatic carbocycles. The molecule has 1 heterocycles. The predicted octanol–water partition coefficient (Wildman–Crippen LogP) is 1.71. The smallest absolute Gasteiger partial charge is 0.200 e. The van der Waals surface area contributed by atoms with E-state index in [-0.39, 0.29) is 6.42 Å². The zero-order chi connectivity index (χ0) is 11.1. The molecule has 0 radical (unpaired) electrons. The van der Waals surface area contributed by atoms with Gasteiger partial charge >= 0.3 is 0 Å². The van der Waals surface area contributed by atoms with Crippen LogP contribution < -0.4 is 0 Å². The van der Waals surface area contributed by atoms with Crippen LogP contribution in [-0.4, -0.2) is 14.7 Å². The van der Waals surface area contributed by atoms with Crippen LogP contribution in [0.1, 0.15) is 17.5 Å². The van der Waals surface area contributed by atoms with Gasteiger partial charge in [-0.25, -0.2) is 8.42 Å². The SMILES string of the molecule is Cc1ccc2c(c1)C(CC=O)=CS2(=O)=O. The second-order valence-electron chi connectivity index (χ2n) is 3.56. The van der Waals surface area contributed by atoms with Crippen molar-refractivity contribution in [3.05, 3.63) is 34.7 Å². The van der Waals surface area contributed by atoms with Crippen molar-refractivity contribution in [2.45, 2.75) is 18.2 Å². The molecule has 15 heavy (non-hydrogen) atoms. The largest absolute Gasteiger partial charge is 0.303 e. The Bertz CT molecular complexity index is 553. The Labute approximate surface area is 88.3 Å². The van der Waals surface area contributed by atoms with E-state index in [1.165, 1.54) is 5.41 Å². The lowest BCUT2D eigenvalue weighted by Gasteiger charge is -2.02. The van der Waals surface area contributed by atoms with Gasteiger partial charge in [-0.3, -0.25) is 0 Å². The van der Waals surface area contributed by atoms with Crippen molar-refractivity contribution in [2.75, 3.05) is 0 Å². The number of aryl methyl sites for hydroxylation is 1. The van der Waals surface area contributed by atoms with Gasteiger partial charge in [-0.1, -0.05) is 17.7 Å². The van der Waals surface area contributed by atoms with Crippen molar-refractivity contribution in [3.8, 4) is 0 Å². The summed E-state index contributed by atoms with van der Waals surface area (Å²) in [6, 6.07) is 5.15. The fourth-order valence-electron chi connectivity index (χ4n) is 1.70. The minimum Gasteiger partial charge on any atom is -0.303 e. The topological polar surface area (TPSA) is 51.2 Å². The summed E-state index contributed by atoms with van der Waals surface area (Å²) >= 11 is 0. The molecule has 0 fully saturated rings. The molecule has 2 rings (SSSR count). The summed E-state index contributed by atoms with van der Waals surface area (Å²) < 4.78 is 23.3. The lowest BCUT2D eigenvalue weighted by molar-refractivity contribution is -0.107. The van der Waals surface area contributed by atoms with Crippen LogP contribution in [0, 0.1) is 6.92 Å². The summed E-state index contributed by atoms with van der Waals surface area (Å²) in [5.41, 5.74) is 2.24. The first-order chi connectivity index (χ1) is 7.04. The summed E-state index contributed by atoms with van der Waals surface area (Å²) in [6.45, 7) is 1.89. The maximum Gasteiger partial charge on any atom is 0.200 e. The number of aldehydes is 1. The molecular formula is C11H10O3S. The minimum absolute atomic E-state index is 0.148. The Balaban J connectivity index is 2.68. The van der Waals surface area contributed by atoms with Crippen LogP contribution in [0.3, 0.4) is 0 Å². The van der Waals surface area contributed by atoms with E-state index in [1.54, 1.807) is 18.2 Å². The van der Waals surface area contributed by atoms with Crippen LogP contribution in [0.2, 0.25) is 0 Å². The zero-order valence-electron chi connectivity index (χ0n) is 8.23. The Hall–Kier alpha value is -1.42. The van der Waals surface area contributed by atoms with Crippen molar-refractivity contribution in [3.63, 3.8) is 0 Å². The fraction of sp³-hybridized carbons (Fsp3) is 0.182. The average Bonchev–Trinajstić information content (AvgIpc) is 2.39. The van der Waals surface area contributed by atoms with Crippen LogP contribution in [0.5, 0.6) is 0 Å². The highest BCUT2D eigenvalue weighted by Crippen LogP contribution is 2.35. The molecule has 4 heteroatoms. The van der Waals surface area contributed by atoms with Crippen LogP contribution in [-0.2, 0) is 14.6 Å².